The number of unbranched alkanes of at least 4 members (excludes halogenated alkanes) is 1. The van der Waals surface area contributed by atoms with Gasteiger partial charge in [0.25, 0.3) is 0 Å². The molecule has 1 rings (SSSR count). The van der Waals surface area contributed by atoms with Crippen molar-refractivity contribution in [3.63, 3.8) is 0 Å². The Morgan fingerprint density at radius 2 is 1.68 bits per heavy atom. The first-order valence-corrected chi connectivity index (χ1v) is 6.80. The molecule has 2 nitrogen and oxygen atoms in total. The van der Waals surface area contributed by atoms with E-state index in [1.54, 1.807) is 0 Å². The summed E-state index contributed by atoms with van der Waals surface area (Å²) >= 11 is 0. The molecule has 0 saturated heterocycles. The molecular weight excluding hydrogens is 248 g/mol. The summed E-state index contributed by atoms with van der Waals surface area (Å²) in [5.74, 6) is -1.07. The van der Waals surface area contributed by atoms with Crippen molar-refractivity contribution in [3.8, 4) is 0 Å². The van der Waals surface area contributed by atoms with Gasteiger partial charge < -0.3 is 10.1 Å². The quantitative estimate of drug-likeness (QED) is 0.726. The molecular formula is C15H23F2NO. The minimum atomic E-state index is -0.533. The second-order valence-corrected chi connectivity index (χ2v) is 5.01. The van der Waals surface area contributed by atoms with E-state index in [1.807, 2.05) is 20.8 Å². The lowest BCUT2D eigenvalue weighted by atomic mass is 10.1. The van der Waals surface area contributed by atoms with Crippen molar-refractivity contribution >= 4 is 0 Å². The van der Waals surface area contributed by atoms with Crippen LogP contribution in [0.2, 0.25) is 0 Å². The Bertz CT molecular complexity index is 362. The van der Waals surface area contributed by atoms with Crippen LogP contribution in [0, 0.1) is 11.6 Å². The summed E-state index contributed by atoms with van der Waals surface area (Å²) < 4.78 is 31.6. The largest absolute Gasteiger partial charge is 0.379 e. The molecule has 0 saturated carbocycles. The van der Waals surface area contributed by atoms with E-state index in [0.29, 0.717) is 5.56 Å². The van der Waals surface area contributed by atoms with Crippen molar-refractivity contribution in [2.45, 2.75) is 45.8 Å². The number of hydrogen-bond acceptors (Lipinski definition) is 2. The highest BCUT2D eigenvalue weighted by Gasteiger charge is 2.07. The molecule has 0 radical (unpaired) electrons. The first-order valence-electron chi connectivity index (χ1n) is 6.80. The lowest BCUT2D eigenvalue weighted by Gasteiger charge is -2.14. The predicted octanol–water partition coefficient (Wildman–Crippen LogP) is 3.82. The number of hydrogen-bond donors (Lipinski definition) is 1. The summed E-state index contributed by atoms with van der Waals surface area (Å²) in [5, 5.41) is 3.25. The lowest BCUT2D eigenvalue weighted by molar-refractivity contribution is 0.0759. The molecule has 0 aliphatic carbocycles. The van der Waals surface area contributed by atoms with Crippen molar-refractivity contribution in [1.29, 1.82) is 0 Å². The van der Waals surface area contributed by atoms with E-state index in [-0.39, 0.29) is 12.1 Å². The van der Waals surface area contributed by atoms with Crippen LogP contribution < -0.4 is 5.32 Å². The second kappa shape index (κ2) is 8.23. The van der Waals surface area contributed by atoms with Crippen molar-refractivity contribution < 1.29 is 13.5 Å². The first-order chi connectivity index (χ1) is 8.99. The normalized spacial score (nSPS) is 12.9. The molecule has 0 aliphatic heterocycles. The fourth-order valence-electron chi connectivity index (χ4n) is 1.81. The van der Waals surface area contributed by atoms with Gasteiger partial charge >= 0.3 is 0 Å². The summed E-state index contributed by atoms with van der Waals surface area (Å²) in [7, 11) is 0. The van der Waals surface area contributed by atoms with Crippen LogP contribution in [0.5, 0.6) is 0 Å². The van der Waals surface area contributed by atoms with E-state index < -0.39 is 11.6 Å². The van der Waals surface area contributed by atoms with Crippen molar-refractivity contribution in [2.75, 3.05) is 13.2 Å². The molecule has 108 valence electrons. The Morgan fingerprint density at radius 1 is 1.05 bits per heavy atom. The molecule has 1 aromatic carbocycles. The molecule has 1 unspecified atom stereocenters. The van der Waals surface area contributed by atoms with Gasteiger partial charge in [-0.1, -0.05) is 0 Å². The molecule has 0 bridgehead atoms. The molecule has 0 aliphatic rings. The summed E-state index contributed by atoms with van der Waals surface area (Å²) in [6.07, 6.45) is 2.23. The van der Waals surface area contributed by atoms with E-state index >= 15 is 0 Å². The molecule has 0 amide bonds. The average molecular weight is 271 g/mol. The number of ether oxygens (including phenoxy) is 1. The van der Waals surface area contributed by atoms with Gasteiger partial charge in [0.15, 0.2) is 0 Å². The maximum Gasteiger partial charge on any atom is 0.126 e. The van der Waals surface area contributed by atoms with Crippen molar-refractivity contribution in [2.24, 2.45) is 0 Å². The average Bonchev–Trinajstić information content (AvgIpc) is 2.31. The van der Waals surface area contributed by atoms with Crippen LogP contribution in [-0.2, 0) is 4.74 Å². The zero-order chi connectivity index (χ0) is 14.3. The van der Waals surface area contributed by atoms with Gasteiger partial charge in [-0.05, 0) is 57.9 Å². The van der Waals surface area contributed by atoms with Gasteiger partial charge in [-0.15, -0.1) is 0 Å². The van der Waals surface area contributed by atoms with Crippen molar-refractivity contribution in [1.82, 2.24) is 5.32 Å². The Balaban J connectivity index is 2.25. The Kier molecular flexibility index (Phi) is 6.95. The van der Waals surface area contributed by atoms with Crippen molar-refractivity contribution in [3.05, 3.63) is 35.4 Å². The van der Waals surface area contributed by atoms with Gasteiger partial charge in [0, 0.05) is 18.7 Å². The Hall–Kier alpha value is -1.00. The van der Waals surface area contributed by atoms with Crippen LogP contribution in [0.4, 0.5) is 8.78 Å². The summed E-state index contributed by atoms with van der Waals surface area (Å²) in [6, 6.07) is 3.56. The molecule has 0 aromatic heterocycles. The van der Waals surface area contributed by atoms with Gasteiger partial charge in [0.05, 0.1) is 6.10 Å². The Morgan fingerprint density at radius 3 is 2.26 bits per heavy atom. The maximum atomic E-state index is 13.1. The van der Waals surface area contributed by atoms with E-state index in [4.69, 9.17) is 4.74 Å². The van der Waals surface area contributed by atoms with Gasteiger partial charge in [-0.25, -0.2) is 8.78 Å². The van der Waals surface area contributed by atoms with Crippen LogP contribution in [0.3, 0.4) is 0 Å². The van der Waals surface area contributed by atoms with Gasteiger partial charge in [-0.2, -0.15) is 0 Å². The molecule has 0 fully saturated rings. The number of halogens is 2. The zero-order valence-corrected chi connectivity index (χ0v) is 11.9. The monoisotopic (exact) mass is 271 g/mol. The molecule has 1 aromatic rings. The smallest absolute Gasteiger partial charge is 0.126 e. The van der Waals surface area contributed by atoms with E-state index in [1.165, 1.54) is 12.1 Å². The van der Waals surface area contributed by atoms with Crippen LogP contribution in [-0.4, -0.2) is 19.3 Å². The van der Waals surface area contributed by atoms with E-state index in [0.717, 1.165) is 32.1 Å². The first kappa shape index (κ1) is 16.1. The molecule has 0 heterocycles. The second-order valence-electron chi connectivity index (χ2n) is 5.01. The number of nitrogens with one attached hydrogen (secondary N) is 1. The number of rotatable bonds is 8. The third-order valence-corrected chi connectivity index (χ3v) is 2.86. The minimum Gasteiger partial charge on any atom is -0.379 e. The molecule has 4 heteroatoms. The van der Waals surface area contributed by atoms with Gasteiger partial charge in [0.1, 0.15) is 11.6 Å². The zero-order valence-electron chi connectivity index (χ0n) is 11.9. The van der Waals surface area contributed by atoms with E-state index in [2.05, 4.69) is 5.32 Å². The van der Waals surface area contributed by atoms with Gasteiger partial charge in [0.2, 0.25) is 0 Å². The fourth-order valence-corrected chi connectivity index (χ4v) is 1.81. The van der Waals surface area contributed by atoms with Gasteiger partial charge in [-0.3, -0.25) is 0 Å². The SMILES string of the molecule is CC(C)OCCCCNC(C)c1cc(F)cc(F)c1. The fraction of sp³-hybridized carbons (Fsp3) is 0.600. The standard InChI is InChI=1S/C15H23F2NO/c1-11(2)19-7-5-4-6-18-12(3)13-8-14(16)10-15(17)9-13/h8-12,18H,4-7H2,1-3H3. The molecule has 1 atom stereocenters. The number of benzene rings is 1. The van der Waals surface area contributed by atoms with Crippen LogP contribution in [0.15, 0.2) is 18.2 Å². The van der Waals surface area contributed by atoms with Crippen LogP contribution in [0.1, 0.15) is 45.2 Å². The third kappa shape index (κ3) is 6.64. The molecule has 1 N–H and O–H groups in total. The van der Waals surface area contributed by atoms with E-state index in [9.17, 15) is 8.78 Å². The topological polar surface area (TPSA) is 21.3 Å². The lowest BCUT2D eigenvalue weighted by Crippen LogP contribution is -2.20. The Labute approximate surface area is 114 Å². The predicted molar refractivity (Wildman–Crippen MR) is 73.1 cm³/mol. The highest BCUT2D eigenvalue weighted by Crippen LogP contribution is 2.15. The molecule has 0 spiro atoms. The maximum absolute atomic E-state index is 13.1. The summed E-state index contributed by atoms with van der Waals surface area (Å²) in [6.45, 7) is 7.49. The molecule has 19 heavy (non-hydrogen) atoms. The van der Waals surface area contributed by atoms with Crippen LogP contribution in [0.25, 0.3) is 0 Å². The third-order valence-electron chi connectivity index (χ3n) is 2.86. The van der Waals surface area contributed by atoms with Crippen LogP contribution >= 0.6 is 0 Å². The highest BCUT2D eigenvalue weighted by molar-refractivity contribution is 5.20. The summed E-state index contributed by atoms with van der Waals surface area (Å²) in [4.78, 5) is 0. The summed E-state index contributed by atoms with van der Waals surface area (Å²) in [5.41, 5.74) is 0.635. The minimum absolute atomic E-state index is 0.0591. The highest BCUT2D eigenvalue weighted by atomic mass is 19.1.